The molecule has 2 aliphatic heterocycles. The molecule has 17 nitrogen and oxygen atoms in total. The van der Waals surface area contributed by atoms with Crippen LogP contribution in [0.4, 0.5) is 0 Å². The number of ether oxygens (including phenoxy) is 11. The largest absolute Gasteiger partial charge is 0.463 e. The van der Waals surface area contributed by atoms with Gasteiger partial charge < -0.3 is 62.5 Å². The maximum absolute atomic E-state index is 13.4. The number of methoxy groups -OCH3 is 2. The zero-order valence-electron chi connectivity index (χ0n) is 34.0. The van der Waals surface area contributed by atoms with Crippen molar-refractivity contribution in [3.05, 3.63) is 71.8 Å². The van der Waals surface area contributed by atoms with E-state index in [1.165, 1.54) is 14.2 Å². The molecule has 3 fully saturated rings. The summed E-state index contributed by atoms with van der Waals surface area (Å²) in [7, 11) is 2.82. The fraction of sp³-hybridized carbons (Fsp3) is 0.600. The number of aliphatic hydroxyl groups excluding tert-OH is 1. The minimum Gasteiger partial charge on any atom is -0.463 e. The van der Waals surface area contributed by atoms with Crippen molar-refractivity contribution in [3.8, 4) is 0 Å². The van der Waals surface area contributed by atoms with Crippen LogP contribution in [-0.4, -0.2) is 132 Å². The second kappa shape index (κ2) is 20.3. The third kappa shape index (κ3) is 11.3. The lowest BCUT2D eigenvalue weighted by Crippen LogP contribution is -2.76. The summed E-state index contributed by atoms with van der Waals surface area (Å²) in [6, 6.07) is 16.6. The number of rotatable bonds is 15. The molecule has 1 saturated carbocycles. The molecule has 0 spiro atoms. The molecule has 2 heterocycles. The van der Waals surface area contributed by atoms with Crippen LogP contribution < -0.4 is 5.32 Å². The summed E-state index contributed by atoms with van der Waals surface area (Å²) in [5, 5.41) is 15.0. The van der Waals surface area contributed by atoms with Crippen molar-refractivity contribution >= 4 is 58.6 Å². The van der Waals surface area contributed by atoms with Gasteiger partial charge in [-0.05, 0) is 25.0 Å². The summed E-state index contributed by atoms with van der Waals surface area (Å²) >= 11 is 18.0. The third-order valence-electron chi connectivity index (χ3n) is 10.4. The van der Waals surface area contributed by atoms with Gasteiger partial charge in [0.25, 0.3) is 9.70 Å². The number of alkyl halides is 3. The monoisotopic (exact) mass is 905 g/mol. The average molecular weight is 907 g/mol. The van der Waals surface area contributed by atoms with Crippen LogP contribution in [0.25, 0.3) is 0 Å². The van der Waals surface area contributed by atoms with Crippen molar-refractivity contribution in [1.82, 2.24) is 5.32 Å². The first-order chi connectivity index (χ1) is 28.3. The minimum atomic E-state index is -2.57. The first-order valence-corrected chi connectivity index (χ1v) is 20.1. The molecular formula is C40H50Cl3NO16. The van der Waals surface area contributed by atoms with Crippen LogP contribution in [0.3, 0.4) is 0 Å². The highest BCUT2D eigenvalue weighted by Crippen LogP contribution is 2.46. The number of carbonyl (C=O) groups excluding carboxylic acids is 4. The van der Waals surface area contributed by atoms with E-state index in [0.717, 1.165) is 31.9 Å². The van der Waals surface area contributed by atoms with E-state index in [1.54, 1.807) is 13.8 Å². The molecular weight excluding hydrogens is 857 g/mol. The molecule has 5 rings (SSSR count). The molecule has 1 aliphatic carbocycles. The standard InChI is InChI=1S/C40H50Cl3NO16/c1-21(45)52-20-26-29(55-22(2)46)30(56-23(3)47)27(44-37(49)40(41,42)43)36(57-26)58-32-28(48)31(53-18-24-14-10-8-11-15-24)34-35(33(32)54-19-25-16-12-9-13-17-25)60-39(5,51-7)38(4,50-6)59-34/h8-17,26-36,48H,18-20H2,1-7H3,(H,44,49)/t26-,27-,28-,29-,30-,31+,32-,33+,34-,35-,36+,38?,39?/m1/s1. The molecule has 0 aromatic heterocycles. The predicted octanol–water partition coefficient (Wildman–Crippen LogP) is 3.43. The van der Waals surface area contributed by atoms with Gasteiger partial charge in [-0.2, -0.15) is 0 Å². The zero-order chi connectivity index (χ0) is 44.0. The van der Waals surface area contributed by atoms with Gasteiger partial charge in [0, 0.05) is 35.0 Å². The van der Waals surface area contributed by atoms with Crippen LogP contribution in [0, 0.1) is 0 Å². The Labute approximate surface area is 362 Å². The Hall–Kier alpha value is -3.17. The van der Waals surface area contributed by atoms with Gasteiger partial charge >= 0.3 is 17.9 Å². The Balaban J connectivity index is 1.65. The number of halogens is 3. The van der Waals surface area contributed by atoms with E-state index in [0.29, 0.717) is 0 Å². The number of fused-ring (bicyclic) bond motifs is 1. The number of benzene rings is 2. The molecule has 2 saturated heterocycles. The molecule has 60 heavy (non-hydrogen) atoms. The van der Waals surface area contributed by atoms with Gasteiger partial charge in [0.1, 0.15) is 55.4 Å². The first-order valence-electron chi connectivity index (χ1n) is 18.9. The van der Waals surface area contributed by atoms with Crippen molar-refractivity contribution in [3.63, 3.8) is 0 Å². The van der Waals surface area contributed by atoms with E-state index in [2.05, 4.69) is 5.32 Å². The van der Waals surface area contributed by atoms with Crippen LogP contribution in [0.15, 0.2) is 60.7 Å². The van der Waals surface area contributed by atoms with Crippen LogP contribution in [0.1, 0.15) is 45.7 Å². The summed E-state index contributed by atoms with van der Waals surface area (Å²) in [6.07, 6.45) is -14.3. The highest BCUT2D eigenvalue weighted by Gasteiger charge is 2.66. The molecule has 0 bridgehead atoms. The number of hydrogen-bond acceptors (Lipinski definition) is 16. The lowest BCUT2D eigenvalue weighted by molar-refractivity contribution is -0.475. The topological polar surface area (TPSA) is 202 Å². The van der Waals surface area contributed by atoms with Gasteiger partial charge in [-0.1, -0.05) is 95.5 Å². The van der Waals surface area contributed by atoms with Gasteiger partial charge in [0.05, 0.1) is 13.2 Å². The molecule has 20 heteroatoms. The maximum atomic E-state index is 13.4. The lowest BCUT2D eigenvalue weighted by Gasteiger charge is -2.58. The quantitative estimate of drug-likeness (QED) is 0.149. The highest BCUT2D eigenvalue weighted by atomic mass is 35.6. The van der Waals surface area contributed by atoms with Crippen LogP contribution in [-0.2, 0) is 84.5 Å². The molecule has 332 valence electrons. The van der Waals surface area contributed by atoms with Crippen molar-refractivity contribution in [2.45, 2.75) is 130 Å². The molecule has 2 unspecified atom stereocenters. The lowest BCUT2D eigenvalue weighted by atomic mass is 9.82. The Bertz CT molecular complexity index is 1770. The normalized spacial score (nSPS) is 34.1. The van der Waals surface area contributed by atoms with Gasteiger partial charge in [-0.25, -0.2) is 0 Å². The smallest absolute Gasteiger partial charge is 0.303 e. The second-order valence-corrected chi connectivity index (χ2v) is 16.9. The van der Waals surface area contributed by atoms with Gasteiger partial charge in [0.2, 0.25) is 11.6 Å². The van der Waals surface area contributed by atoms with Gasteiger partial charge in [-0.3, -0.25) is 19.2 Å². The molecule has 0 radical (unpaired) electrons. The van der Waals surface area contributed by atoms with Crippen LogP contribution in [0.5, 0.6) is 0 Å². The second-order valence-electron chi connectivity index (χ2n) is 14.6. The maximum Gasteiger partial charge on any atom is 0.303 e. The number of esters is 3. The molecule has 3 aliphatic rings. The fourth-order valence-corrected chi connectivity index (χ4v) is 7.40. The molecule has 2 N–H and O–H groups in total. The fourth-order valence-electron chi connectivity index (χ4n) is 7.24. The van der Waals surface area contributed by atoms with E-state index in [4.69, 9.17) is 86.9 Å². The SMILES string of the molecule is COC1(C)O[C@@H]2[C@@H](OCc3ccccc3)[C@H](O[C@@H]3O[C@H](COC(C)=O)[C@@H](OC(C)=O)[C@H](OC(C)=O)[C@H]3NC(=O)C(Cl)(Cl)Cl)[C@H](O)[C@H](OCc3ccccc3)[C@H]2OC1(C)OC. The van der Waals surface area contributed by atoms with E-state index in [9.17, 15) is 24.3 Å². The van der Waals surface area contributed by atoms with Crippen LogP contribution in [0.2, 0.25) is 0 Å². The molecule has 2 aromatic rings. The van der Waals surface area contributed by atoms with Crippen molar-refractivity contribution in [2.24, 2.45) is 0 Å². The molecule has 1 amide bonds. The first kappa shape index (κ1) is 47.9. The number of carbonyl (C=O) groups is 4. The Morgan fingerprint density at radius 1 is 0.717 bits per heavy atom. The number of nitrogens with one attached hydrogen (secondary N) is 1. The van der Waals surface area contributed by atoms with E-state index in [-0.39, 0.29) is 13.2 Å². The third-order valence-corrected chi connectivity index (χ3v) is 10.9. The average Bonchev–Trinajstić information content (AvgIpc) is 3.19. The number of aliphatic hydroxyl groups is 1. The Morgan fingerprint density at radius 2 is 1.20 bits per heavy atom. The molecule has 2 aromatic carbocycles. The Morgan fingerprint density at radius 3 is 1.67 bits per heavy atom. The predicted molar refractivity (Wildman–Crippen MR) is 210 cm³/mol. The van der Waals surface area contributed by atoms with Crippen LogP contribution >= 0.6 is 34.8 Å². The summed E-state index contributed by atoms with van der Waals surface area (Å²) in [5.74, 6) is -6.82. The summed E-state index contributed by atoms with van der Waals surface area (Å²) in [4.78, 5) is 50.5. The van der Waals surface area contributed by atoms with Crippen molar-refractivity contribution < 1.29 is 76.4 Å². The van der Waals surface area contributed by atoms with Gasteiger partial charge in [-0.15, -0.1) is 0 Å². The van der Waals surface area contributed by atoms with Crippen molar-refractivity contribution in [1.29, 1.82) is 0 Å². The number of amides is 1. The van der Waals surface area contributed by atoms with E-state index >= 15 is 0 Å². The van der Waals surface area contributed by atoms with E-state index in [1.807, 2.05) is 60.7 Å². The highest BCUT2D eigenvalue weighted by molar-refractivity contribution is 6.76. The summed E-state index contributed by atoms with van der Waals surface area (Å²) in [5.41, 5.74) is 1.49. The zero-order valence-corrected chi connectivity index (χ0v) is 36.2. The van der Waals surface area contributed by atoms with E-state index < -0.39 is 113 Å². The summed E-state index contributed by atoms with van der Waals surface area (Å²) in [6.45, 7) is 5.91. The van der Waals surface area contributed by atoms with Gasteiger partial charge in [0.15, 0.2) is 18.5 Å². The summed E-state index contributed by atoms with van der Waals surface area (Å²) < 4.78 is 65.0. The number of hydrogen-bond donors (Lipinski definition) is 2. The van der Waals surface area contributed by atoms with Crippen molar-refractivity contribution in [2.75, 3.05) is 20.8 Å². The minimum absolute atomic E-state index is 0.00639. The Kier molecular flexibility index (Phi) is 16.2. The molecule has 13 atom stereocenters.